The molecule has 0 radical (unpaired) electrons. The summed E-state index contributed by atoms with van der Waals surface area (Å²) >= 11 is 0. The average Bonchev–Trinajstić information content (AvgIpc) is 2.91. The number of nitrogens with zero attached hydrogens (tertiary/aromatic N) is 2. The van der Waals surface area contributed by atoms with Gasteiger partial charge < -0.3 is 0 Å². The van der Waals surface area contributed by atoms with Crippen LogP contribution in [0.15, 0.2) is 36.4 Å². The molecule has 3 rings (SSSR count). The Morgan fingerprint density at radius 3 is 2.26 bits per heavy atom. The van der Waals surface area contributed by atoms with Crippen molar-refractivity contribution in [3.63, 3.8) is 0 Å². The van der Waals surface area contributed by atoms with E-state index in [2.05, 4.69) is 0 Å². The molecular formula is C21H27N2+. The number of aromatic nitrogens is 2. The summed E-state index contributed by atoms with van der Waals surface area (Å²) < 4.78 is 75.2. The van der Waals surface area contributed by atoms with E-state index in [1.54, 1.807) is 23.7 Å². The van der Waals surface area contributed by atoms with E-state index >= 15 is 0 Å². The summed E-state index contributed by atoms with van der Waals surface area (Å²) in [5, 5.41) is 0. The summed E-state index contributed by atoms with van der Waals surface area (Å²) in [4.78, 5) is 0. The minimum absolute atomic E-state index is 0.0750. The number of benzene rings is 2. The van der Waals surface area contributed by atoms with Gasteiger partial charge in [0.15, 0.2) is 11.0 Å². The Hall–Kier alpha value is -2.09. The van der Waals surface area contributed by atoms with Gasteiger partial charge in [-0.3, -0.25) is 0 Å². The first-order valence-corrected chi connectivity index (χ1v) is 7.55. The van der Waals surface area contributed by atoms with Gasteiger partial charge in [-0.2, -0.15) is 4.57 Å². The van der Waals surface area contributed by atoms with Gasteiger partial charge in [0.1, 0.15) is 5.69 Å². The smallest absolute Gasteiger partial charge is 0.229 e. The minimum Gasteiger partial charge on any atom is -0.229 e. The van der Waals surface area contributed by atoms with Crippen LogP contribution < -0.4 is 4.57 Å². The maximum atomic E-state index is 8.08. The van der Waals surface area contributed by atoms with Gasteiger partial charge in [0.05, 0.1) is 12.5 Å². The van der Waals surface area contributed by atoms with Gasteiger partial charge in [-0.1, -0.05) is 24.3 Å². The summed E-state index contributed by atoms with van der Waals surface area (Å²) in [7, 11) is 1.77. The SMILES string of the molecule is [2H]C([2H])([2H])c1ccc2c(c1)n(C)c(C(C)(C)C)[n+]2-c1c(C([2H])([2H])[2H])cccc1C([2H])([2H])[2H]. The molecule has 0 N–H and O–H groups in total. The molecule has 0 saturated heterocycles. The van der Waals surface area contributed by atoms with E-state index in [0.29, 0.717) is 16.9 Å². The fraction of sp³-hybridized carbons (Fsp3) is 0.381. The fourth-order valence-electron chi connectivity index (χ4n) is 3.21. The fourth-order valence-corrected chi connectivity index (χ4v) is 3.21. The molecule has 1 heterocycles. The molecule has 0 aliphatic heterocycles. The first-order chi connectivity index (χ1) is 14.3. The zero-order valence-electron chi connectivity index (χ0n) is 22.9. The Morgan fingerprint density at radius 2 is 1.70 bits per heavy atom. The Morgan fingerprint density at radius 1 is 1.00 bits per heavy atom. The molecule has 0 unspecified atom stereocenters. The minimum atomic E-state index is -2.56. The van der Waals surface area contributed by atoms with E-state index in [4.69, 9.17) is 12.3 Å². The van der Waals surface area contributed by atoms with Crippen molar-refractivity contribution in [1.82, 2.24) is 4.57 Å². The van der Waals surface area contributed by atoms with Crippen molar-refractivity contribution in [2.45, 2.75) is 46.7 Å². The summed E-state index contributed by atoms with van der Waals surface area (Å²) in [6.45, 7) is -1.61. The van der Waals surface area contributed by atoms with E-state index in [1.807, 2.05) is 25.3 Å². The molecule has 1 aromatic heterocycles. The van der Waals surface area contributed by atoms with Crippen molar-refractivity contribution in [3.8, 4) is 5.69 Å². The van der Waals surface area contributed by atoms with E-state index < -0.39 is 26.0 Å². The zero-order chi connectivity index (χ0) is 24.4. The second-order valence-corrected chi connectivity index (χ2v) is 6.87. The van der Waals surface area contributed by atoms with Crippen LogP contribution in [0.5, 0.6) is 0 Å². The van der Waals surface area contributed by atoms with Crippen LogP contribution in [0.4, 0.5) is 0 Å². The monoisotopic (exact) mass is 316 g/mol. The molecule has 0 saturated carbocycles. The lowest BCUT2D eigenvalue weighted by molar-refractivity contribution is -0.582. The molecule has 3 aromatic rings. The highest BCUT2D eigenvalue weighted by atomic mass is 15.2. The van der Waals surface area contributed by atoms with Gasteiger partial charge in [0.25, 0.3) is 5.82 Å². The third kappa shape index (κ3) is 2.46. The van der Waals surface area contributed by atoms with Crippen molar-refractivity contribution in [1.29, 1.82) is 0 Å². The maximum Gasteiger partial charge on any atom is 0.267 e. The Labute approximate surface area is 152 Å². The van der Waals surface area contributed by atoms with Crippen molar-refractivity contribution in [2.24, 2.45) is 7.05 Å². The van der Waals surface area contributed by atoms with Gasteiger partial charge >= 0.3 is 0 Å². The lowest BCUT2D eigenvalue weighted by Gasteiger charge is -2.17. The molecule has 0 amide bonds. The number of imidazole rings is 1. The lowest BCUT2D eigenvalue weighted by atomic mass is 9.94. The second-order valence-electron chi connectivity index (χ2n) is 6.87. The molecule has 23 heavy (non-hydrogen) atoms. The van der Waals surface area contributed by atoms with Gasteiger partial charge in [-0.05, 0) is 70.1 Å². The Kier molecular flexibility index (Phi) is 1.85. The number of fused-ring (bicyclic) bond motifs is 1. The first-order valence-electron chi connectivity index (χ1n) is 12.0. The molecule has 0 fully saturated rings. The molecular weight excluding hydrogens is 280 g/mol. The molecule has 0 atom stereocenters. The van der Waals surface area contributed by atoms with Gasteiger partial charge in [-0.15, -0.1) is 0 Å². The molecule has 0 bridgehead atoms. The number of rotatable bonds is 1. The highest BCUT2D eigenvalue weighted by molar-refractivity contribution is 5.74. The van der Waals surface area contributed by atoms with Gasteiger partial charge in [-0.25, -0.2) is 4.57 Å². The third-order valence-corrected chi connectivity index (χ3v) is 4.04. The molecule has 0 spiro atoms. The standard InChI is InChI=1S/C21H27N2/c1-14-11-12-17-18(13-14)22(7)20(21(4,5)6)23(17)19-15(2)9-8-10-16(19)3/h8-13H,1-7H3/q+1/i1D3,2D3,3D3. The molecule has 120 valence electrons. The number of hydrogen-bond donors (Lipinski definition) is 0. The van der Waals surface area contributed by atoms with Crippen molar-refractivity contribution in [3.05, 3.63) is 58.9 Å². The second kappa shape index (κ2) is 5.23. The van der Waals surface area contributed by atoms with Crippen LogP contribution in [0, 0.1) is 20.6 Å². The Balaban J connectivity index is 2.61. The normalized spacial score (nSPS) is 19.6. The zero-order valence-corrected chi connectivity index (χ0v) is 13.9. The van der Waals surface area contributed by atoms with Crippen LogP contribution in [-0.2, 0) is 12.5 Å². The number of aryl methyl sites for hydroxylation is 4. The number of hydrogen-bond acceptors (Lipinski definition) is 0. The summed E-state index contributed by atoms with van der Waals surface area (Å²) in [5.41, 5.74) is 0.668. The largest absolute Gasteiger partial charge is 0.267 e. The predicted octanol–water partition coefficient (Wildman–Crippen LogP) is 4.68. The summed E-state index contributed by atoms with van der Waals surface area (Å²) in [5.74, 6) is 0.650. The first kappa shape index (κ1) is 8.14. The average molecular weight is 317 g/mol. The van der Waals surface area contributed by atoms with Crippen LogP contribution in [0.25, 0.3) is 16.7 Å². The highest BCUT2D eigenvalue weighted by Gasteiger charge is 2.34. The molecule has 2 nitrogen and oxygen atoms in total. The van der Waals surface area contributed by atoms with Crippen LogP contribution in [0.3, 0.4) is 0 Å². The van der Waals surface area contributed by atoms with E-state index in [-0.39, 0.29) is 22.4 Å². The van der Waals surface area contributed by atoms with Crippen molar-refractivity contribution >= 4 is 11.0 Å². The van der Waals surface area contributed by atoms with Crippen LogP contribution >= 0.6 is 0 Å². The highest BCUT2D eigenvalue weighted by Crippen LogP contribution is 2.28. The van der Waals surface area contributed by atoms with Crippen LogP contribution in [-0.4, -0.2) is 4.57 Å². The van der Waals surface area contributed by atoms with Crippen LogP contribution in [0.2, 0.25) is 0 Å². The third-order valence-electron chi connectivity index (χ3n) is 4.04. The van der Waals surface area contributed by atoms with E-state index in [1.165, 1.54) is 24.3 Å². The predicted molar refractivity (Wildman–Crippen MR) is 97.4 cm³/mol. The quantitative estimate of drug-likeness (QED) is 0.577. The maximum absolute atomic E-state index is 8.08. The van der Waals surface area contributed by atoms with Crippen molar-refractivity contribution < 1.29 is 16.9 Å². The van der Waals surface area contributed by atoms with Gasteiger partial charge in [0.2, 0.25) is 0 Å². The molecule has 2 heteroatoms. The summed E-state index contributed by atoms with van der Waals surface area (Å²) in [6.07, 6.45) is 0. The Bertz CT molecular complexity index is 1140. The topological polar surface area (TPSA) is 8.81 Å². The summed E-state index contributed by atoms with van der Waals surface area (Å²) in [6, 6.07) is 8.94. The van der Waals surface area contributed by atoms with E-state index in [9.17, 15) is 0 Å². The molecule has 0 aliphatic carbocycles. The molecule has 2 aromatic carbocycles. The molecule has 0 aliphatic rings. The number of para-hydroxylation sites is 1. The van der Waals surface area contributed by atoms with Gasteiger partial charge in [0, 0.05) is 12.3 Å². The lowest BCUT2D eigenvalue weighted by Crippen LogP contribution is -2.42. The van der Waals surface area contributed by atoms with E-state index in [0.717, 1.165) is 0 Å². The van der Waals surface area contributed by atoms with Crippen LogP contribution in [0.1, 0.15) is 55.6 Å². The van der Waals surface area contributed by atoms with Crippen molar-refractivity contribution in [2.75, 3.05) is 0 Å².